The summed E-state index contributed by atoms with van der Waals surface area (Å²) in [6, 6.07) is 15.3. The molecule has 0 fully saturated rings. The maximum atomic E-state index is 13.1. The maximum Gasteiger partial charge on any atom is 0.418 e. The molecule has 0 unspecified atom stereocenters. The number of fused-ring (bicyclic) bond motifs is 1. The number of para-hydroxylation sites is 1. The SMILES string of the molecule is O=C(Cn1ncn2nc(-c3ccccc3)cc2c1=O)Nc1ccccc1C(F)(F)F. The van der Waals surface area contributed by atoms with Crippen LogP contribution in [0.5, 0.6) is 0 Å². The van der Waals surface area contributed by atoms with Crippen LogP contribution >= 0.6 is 0 Å². The fourth-order valence-corrected chi connectivity index (χ4v) is 2.97. The summed E-state index contributed by atoms with van der Waals surface area (Å²) < 4.78 is 41.4. The number of hydrogen-bond donors (Lipinski definition) is 1. The Bertz CT molecular complexity index is 1280. The van der Waals surface area contributed by atoms with Crippen LogP contribution in [0.15, 0.2) is 71.8 Å². The second-order valence-corrected chi connectivity index (χ2v) is 6.41. The van der Waals surface area contributed by atoms with Crippen LogP contribution < -0.4 is 10.9 Å². The highest BCUT2D eigenvalue weighted by atomic mass is 19.4. The number of anilines is 1. The number of carbonyl (C=O) groups excluding carboxylic acids is 1. The Kier molecular flexibility index (Phi) is 4.82. The highest BCUT2D eigenvalue weighted by Gasteiger charge is 2.33. The lowest BCUT2D eigenvalue weighted by Crippen LogP contribution is -2.31. The Hall–Kier alpha value is -3.95. The summed E-state index contributed by atoms with van der Waals surface area (Å²) in [5.41, 5.74) is -0.416. The predicted molar refractivity (Wildman–Crippen MR) is 103 cm³/mol. The molecule has 1 amide bonds. The van der Waals surface area contributed by atoms with E-state index in [1.807, 2.05) is 30.3 Å². The van der Waals surface area contributed by atoms with Gasteiger partial charge in [-0.15, -0.1) is 0 Å². The van der Waals surface area contributed by atoms with Gasteiger partial charge in [0.25, 0.3) is 5.56 Å². The molecule has 2 aromatic heterocycles. The van der Waals surface area contributed by atoms with Gasteiger partial charge in [0, 0.05) is 5.56 Å². The second-order valence-electron chi connectivity index (χ2n) is 6.41. The van der Waals surface area contributed by atoms with Gasteiger partial charge >= 0.3 is 6.18 Å². The van der Waals surface area contributed by atoms with Gasteiger partial charge in [-0.25, -0.2) is 9.20 Å². The molecule has 7 nitrogen and oxygen atoms in total. The van der Waals surface area contributed by atoms with E-state index in [-0.39, 0.29) is 11.2 Å². The van der Waals surface area contributed by atoms with Crippen molar-refractivity contribution in [1.82, 2.24) is 19.4 Å². The van der Waals surface area contributed by atoms with Crippen LogP contribution in [0.3, 0.4) is 0 Å². The van der Waals surface area contributed by atoms with E-state index in [1.54, 1.807) is 6.07 Å². The molecule has 0 aliphatic rings. The zero-order chi connectivity index (χ0) is 21.3. The molecule has 0 bridgehead atoms. The number of amides is 1. The van der Waals surface area contributed by atoms with Crippen LogP contribution in [0, 0.1) is 0 Å². The van der Waals surface area contributed by atoms with E-state index < -0.39 is 29.8 Å². The molecule has 4 rings (SSSR count). The normalized spacial score (nSPS) is 11.6. The van der Waals surface area contributed by atoms with Crippen LogP contribution in [-0.2, 0) is 17.5 Å². The molecular weight excluding hydrogens is 399 g/mol. The summed E-state index contributed by atoms with van der Waals surface area (Å²) >= 11 is 0. The van der Waals surface area contributed by atoms with Gasteiger partial charge in [0.2, 0.25) is 5.91 Å². The lowest BCUT2D eigenvalue weighted by Gasteiger charge is -2.13. The fraction of sp³-hybridized carbons (Fsp3) is 0.100. The zero-order valence-electron chi connectivity index (χ0n) is 15.3. The third-order valence-corrected chi connectivity index (χ3v) is 4.36. The number of alkyl halides is 3. The number of hydrogen-bond acceptors (Lipinski definition) is 4. The zero-order valence-corrected chi connectivity index (χ0v) is 15.3. The summed E-state index contributed by atoms with van der Waals surface area (Å²) in [5.74, 6) is -0.812. The van der Waals surface area contributed by atoms with Crippen molar-refractivity contribution in [2.75, 3.05) is 5.32 Å². The minimum absolute atomic E-state index is 0.187. The van der Waals surface area contributed by atoms with E-state index in [1.165, 1.54) is 23.0 Å². The third-order valence-electron chi connectivity index (χ3n) is 4.36. The highest BCUT2D eigenvalue weighted by molar-refractivity contribution is 5.91. The van der Waals surface area contributed by atoms with Crippen molar-refractivity contribution in [3.63, 3.8) is 0 Å². The van der Waals surface area contributed by atoms with Gasteiger partial charge in [-0.2, -0.15) is 23.4 Å². The lowest BCUT2D eigenvalue weighted by atomic mass is 10.1. The lowest BCUT2D eigenvalue weighted by molar-refractivity contribution is -0.137. The number of benzene rings is 2. The molecule has 30 heavy (non-hydrogen) atoms. The van der Waals surface area contributed by atoms with Gasteiger partial charge in [-0.05, 0) is 18.2 Å². The summed E-state index contributed by atoms with van der Waals surface area (Å²) in [6.45, 7) is -0.548. The Morgan fingerprint density at radius 1 is 1.03 bits per heavy atom. The molecule has 0 radical (unpaired) electrons. The topological polar surface area (TPSA) is 81.3 Å². The summed E-state index contributed by atoms with van der Waals surface area (Å²) in [5, 5.41) is 10.4. The standard InChI is InChI=1S/C20H14F3N5O2/c21-20(22,23)14-8-4-5-9-15(14)25-18(29)11-27-19(30)17-10-16(26-28(17)12-24-27)13-6-2-1-3-7-13/h1-10,12H,11H2,(H,25,29). The molecule has 0 aliphatic heterocycles. The summed E-state index contributed by atoms with van der Waals surface area (Å²) in [6.07, 6.45) is -3.36. The van der Waals surface area contributed by atoms with Gasteiger partial charge in [-0.3, -0.25) is 9.59 Å². The van der Waals surface area contributed by atoms with E-state index >= 15 is 0 Å². The first-order chi connectivity index (χ1) is 14.3. The van der Waals surface area contributed by atoms with Gasteiger partial charge in [0.05, 0.1) is 16.9 Å². The van der Waals surface area contributed by atoms with Crippen LogP contribution in [-0.4, -0.2) is 25.3 Å². The molecule has 0 spiro atoms. The molecule has 0 saturated carbocycles. The molecule has 0 aliphatic carbocycles. The Balaban J connectivity index is 1.60. The quantitative estimate of drug-likeness (QED) is 0.557. The smallest absolute Gasteiger partial charge is 0.324 e. The molecule has 0 atom stereocenters. The van der Waals surface area contributed by atoms with Gasteiger partial charge in [-0.1, -0.05) is 42.5 Å². The largest absolute Gasteiger partial charge is 0.418 e. The number of rotatable bonds is 4. The van der Waals surface area contributed by atoms with Crippen molar-refractivity contribution < 1.29 is 18.0 Å². The molecule has 0 saturated heterocycles. The fourth-order valence-electron chi connectivity index (χ4n) is 2.97. The van der Waals surface area contributed by atoms with Crippen LogP contribution in [0.4, 0.5) is 18.9 Å². The van der Waals surface area contributed by atoms with Crippen molar-refractivity contribution in [3.8, 4) is 11.3 Å². The average Bonchev–Trinajstić information content (AvgIpc) is 3.16. The van der Waals surface area contributed by atoms with E-state index in [9.17, 15) is 22.8 Å². The van der Waals surface area contributed by atoms with Crippen LogP contribution in [0.2, 0.25) is 0 Å². The molecule has 1 N–H and O–H groups in total. The minimum Gasteiger partial charge on any atom is -0.324 e. The van der Waals surface area contributed by atoms with Crippen molar-refractivity contribution in [1.29, 1.82) is 0 Å². The summed E-state index contributed by atoms with van der Waals surface area (Å²) in [4.78, 5) is 24.9. The minimum atomic E-state index is -4.62. The first-order valence-electron chi connectivity index (χ1n) is 8.80. The number of nitrogens with zero attached hydrogens (tertiary/aromatic N) is 4. The number of halogens is 3. The van der Waals surface area contributed by atoms with E-state index in [0.717, 1.165) is 22.4 Å². The Labute approximate surface area is 167 Å². The van der Waals surface area contributed by atoms with Crippen LogP contribution in [0.25, 0.3) is 16.8 Å². The maximum absolute atomic E-state index is 13.1. The Morgan fingerprint density at radius 2 is 1.73 bits per heavy atom. The monoisotopic (exact) mass is 413 g/mol. The van der Waals surface area contributed by atoms with Gasteiger partial charge < -0.3 is 5.32 Å². The summed E-state index contributed by atoms with van der Waals surface area (Å²) in [7, 11) is 0. The second kappa shape index (κ2) is 7.47. The predicted octanol–water partition coefficient (Wildman–Crippen LogP) is 3.22. The third kappa shape index (κ3) is 3.79. The van der Waals surface area contributed by atoms with Crippen molar-refractivity contribution in [2.24, 2.45) is 0 Å². The van der Waals surface area contributed by atoms with Gasteiger partial charge in [0.1, 0.15) is 18.4 Å². The van der Waals surface area contributed by atoms with E-state index in [2.05, 4.69) is 15.5 Å². The molecule has 4 aromatic rings. The van der Waals surface area contributed by atoms with Crippen molar-refractivity contribution in [2.45, 2.75) is 12.7 Å². The number of nitrogens with one attached hydrogen (secondary N) is 1. The van der Waals surface area contributed by atoms with Crippen molar-refractivity contribution in [3.05, 3.63) is 82.9 Å². The Morgan fingerprint density at radius 3 is 2.47 bits per heavy atom. The molecule has 152 valence electrons. The first-order valence-corrected chi connectivity index (χ1v) is 8.80. The molecular formula is C20H14F3N5O2. The van der Waals surface area contributed by atoms with E-state index in [4.69, 9.17) is 0 Å². The van der Waals surface area contributed by atoms with Crippen molar-refractivity contribution >= 4 is 17.1 Å². The average molecular weight is 413 g/mol. The van der Waals surface area contributed by atoms with E-state index in [0.29, 0.717) is 5.69 Å². The number of carbonyl (C=O) groups is 1. The number of aromatic nitrogens is 4. The molecule has 2 aromatic carbocycles. The first kappa shape index (κ1) is 19.4. The van der Waals surface area contributed by atoms with Crippen LogP contribution in [0.1, 0.15) is 5.56 Å². The highest BCUT2D eigenvalue weighted by Crippen LogP contribution is 2.34. The molecule has 10 heteroatoms. The molecule has 2 heterocycles. The van der Waals surface area contributed by atoms with Gasteiger partial charge in [0.15, 0.2) is 0 Å².